The summed E-state index contributed by atoms with van der Waals surface area (Å²) in [4.78, 5) is 72.2. The predicted molar refractivity (Wildman–Crippen MR) is 358 cm³/mol. The number of hydrogen-bond acceptors (Lipinski definition) is 15. The lowest BCUT2D eigenvalue weighted by Gasteiger charge is -2.21. The summed E-state index contributed by atoms with van der Waals surface area (Å²) in [6.07, 6.45) is 47.8. The molecule has 3 N–H and O–H groups in total. The Hall–Kier alpha value is -1.94. The number of phosphoric ester groups is 2. The van der Waals surface area contributed by atoms with E-state index >= 15 is 0 Å². The van der Waals surface area contributed by atoms with E-state index in [0.717, 1.165) is 108 Å². The highest BCUT2D eigenvalue weighted by Gasteiger charge is 2.30. The van der Waals surface area contributed by atoms with Crippen molar-refractivity contribution in [2.75, 3.05) is 39.6 Å². The molecule has 0 aromatic carbocycles. The number of aliphatic hydroxyl groups excluding tert-OH is 1. The molecule has 19 heteroatoms. The first-order valence-corrected chi connectivity index (χ1v) is 39.5. The van der Waals surface area contributed by atoms with Gasteiger partial charge in [0.15, 0.2) is 12.2 Å². The van der Waals surface area contributed by atoms with Gasteiger partial charge in [-0.05, 0) is 37.5 Å². The fraction of sp³-hybridized carbons (Fsp3) is 0.943. The van der Waals surface area contributed by atoms with Crippen molar-refractivity contribution in [1.82, 2.24) is 0 Å². The van der Waals surface area contributed by atoms with Crippen LogP contribution in [0.3, 0.4) is 0 Å². The minimum Gasteiger partial charge on any atom is -0.462 e. The van der Waals surface area contributed by atoms with Crippen molar-refractivity contribution in [2.24, 2.45) is 11.8 Å². The van der Waals surface area contributed by atoms with Gasteiger partial charge in [0, 0.05) is 25.7 Å². The molecule has 0 amide bonds. The Balaban J connectivity index is 5.11. The van der Waals surface area contributed by atoms with Crippen molar-refractivity contribution < 1.29 is 80.2 Å². The van der Waals surface area contributed by atoms with Crippen LogP contribution in [0.4, 0.5) is 0 Å². The standard InChI is InChI=1S/C70H136O17P2/c1-7-10-12-14-15-16-17-18-19-20-21-22-23-24-25-26-27-28-36-42-48-54-69(74)87-66(59-81-68(73)53-47-41-35-32-30-34-40-45-51-63(6)9-3)61-85-89(78,79)83-57-64(71)56-82-88(76,77)84-60-65(58-80-67(72)52-46-38-13-11-8-2)86-70(75)55-49-43-37-31-29-33-39-44-50-62(4)5/h62-66,71H,7-61H2,1-6H3,(H,76,77)(H,78,79)/t63?,64-,65+,66+/m0/s1. The molecule has 0 saturated carbocycles. The number of carbonyl (C=O) groups is 4. The monoisotopic (exact) mass is 1310 g/mol. The summed E-state index contributed by atoms with van der Waals surface area (Å²) in [5, 5.41) is 10.5. The van der Waals surface area contributed by atoms with E-state index in [1.54, 1.807) is 0 Å². The first-order valence-electron chi connectivity index (χ1n) is 36.5. The molecule has 0 rings (SSSR count). The predicted octanol–water partition coefficient (Wildman–Crippen LogP) is 20.0. The number of unbranched alkanes of at least 4 members (excludes halogenated alkanes) is 38. The van der Waals surface area contributed by atoms with E-state index in [-0.39, 0.29) is 25.7 Å². The largest absolute Gasteiger partial charge is 0.472 e. The van der Waals surface area contributed by atoms with Crippen molar-refractivity contribution in [1.29, 1.82) is 0 Å². The normalized spacial score (nSPS) is 14.4. The summed E-state index contributed by atoms with van der Waals surface area (Å²) >= 11 is 0. The molecular weight excluding hydrogens is 1170 g/mol. The molecule has 17 nitrogen and oxygen atoms in total. The third-order valence-corrected chi connectivity index (χ3v) is 18.5. The maximum atomic E-state index is 13.0. The van der Waals surface area contributed by atoms with Crippen LogP contribution in [0.25, 0.3) is 0 Å². The molecule has 0 radical (unpaired) electrons. The van der Waals surface area contributed by atoms with Crippen molar-refractivity contribution >= 4 is 39.5 Å². The van der Waals surface area contributed by atoms with E-state index in [2.05, 4.69) is 41.5 Å². The number of esters is 4. The Morgan fingerprint density at radius 2 is 0.573 bits per heavy atom. The Morgan fingerprint density at radius 3 is 0.854 bits per heavy atom. The second kappa shape index (κ2) is 62.2. The summed E-state index contributed by atoms with van der Waals surface area (Å²) in [6, 6.07) is 0. The van der Waals surface area contributed by atoms with Crippen LogP contribution >= 0.6 is 15.6 Å². The smallest absolute Gasteiger partial charge is 0.462 e. The highest BCUT2D eigenvalue weighted by Crippen LogP contribution is 2.45. The highest BCUT2D eigenvalue weighted by atomic mass is 31.2. The topological polar surface area (TPSA) is 237 Å². The van der Waals surface area contributed by atoms with Crippen LogP contribution in [-0.4, -0.2) is 96.7 Å². The van der Waals surface area contributed by atoms with Crippen LogP contribution in [0.1, 0.15) is 356 Å². The molecule has 0 aliphatic heterocycles. The Morgan fingerprint density at radius 1 is 0.326 bits per heavy atom. The molecule has 3 unspecified atom stereocenters. The van der Waals surface area contributed by atoms with Gasteiger partial charge in [0.25, 0.3) is 0 Å². The fourth-order valence-electron chi connectivity index (χ4n) is 10.6. The molecular formula is C70H136O17P2. The SMILES string of the molecule is CCCCCCCCCCCCCCCCCCCCCCCC(=O)O[C@H](COC(=O)CCCCCCCCCCC(C)CC)COP(=O)(O)OC[C@@H](O)COP(=O)(O)OC[C@@H](COC(=O)CCCCCCC)OC(=O)CCCCCCCCCCC(C)C. The molecule has 0 spiro atoms. The number of carbonyl (C=O) groups excluding carboxylic acids is 4. The van der Waals surface area contributed by atoms with Gasteiger partial charge in [-0.15, -0.1) is 0 Å². The number of phosphoric acid groups is 2. The third-order valence-electron chi connectivity index (χ3n) is 16.6. The molecule has 0 aliphatic carbocycles. The zero-order valence-electron chi connectivity index (χ0n) is 57.7. The van der Waals surface area contributed by atoms with Crippen LogP contribution in [0.15, 0.2) is 0 Å². The number of hydrogen-bond donors (Lipinski definition) is 3. The summed E-state index contributed by atoms with van der Waals surface area (Å²) < 4.78 is 68.0. The van der Waals surface area contributed by atoms with Gasteiger partial charge in [0.1, 0.15) is 19.3 Å². The maximum absolute atomic E-state index is 13.0. The van der Waals surface area contributed by atoms with Gasteiger partial charge in [-0.25, -0.2) is 9.13 Å². The van der Waals surface area contributed by atoms with Crippen LogP contribution in [0.5, 0.6) is 0 Å². The Bertz CT molecular complexity index is 1740. The van der Waals surface area contributed by atoms with E-state index < -0.39 is 97.5 Å². The number of aliphatic hydroxyl groups is 1. The molecule has 0 bridgehead atoms. The van der Waals surface area contributed by atoms with E-state index in [0.29, 0.717) is 25.7 Å². The fourth-order valence-corrected chi connectivity index (χ4v) is 12.1. The van der Waals surface area contributed by atoms with Gasteiger partial charge in [0.2, 0.25) is 0 Å². The van der Waals surface area contributed by atoms with Crippen LogP contribution in [0.2, 0.25) is 0 Å². The van der Waals surface area contributed by atoms with Crippen molar-refractivity contribution in [2.45, 2.75) is 374 Å². The van der Waals surface area contributed by atoms with Gasteiger partial charge in [0.05, 0.1) is 26.4 Å². The van der Waals surface area contributed by atoms with Gasteiger partial charge >= 0.3 is 39.5 Å². The molecule has 0 fully saturated rings. The minimum atomic E-state index is -4.95. The van der Waals surface area contributed by atoms with Crippen LogP contribution in [-0.2, 0) is 65.4 Å². The first kappa shape index (κ1) is 87.1. The molecule has 0 aliphatic rings. The lowest BCUT2D eigenvalue weighted by molar-refractivity contribution is -0.161. The maximum Gasteiger partial charge on any atom is 0.472 e. The molecule has 0 heterocycles. The summed E-state index contributed by atoms with van der Waals surface area (Å²) in [7, 11) is -9.89. The van der Waals surface area contributed by atoms with E-state index in [1.165, 1.54) is 167 Å². The average molecular weight is 1310 g/mol. The molecule has 0 aromatic heterocycles. The summed E-state index contributed by atoms with van der Waals surface area (Å²) in [6.45, 7) is 9.41. The first-order chi connectivity index (χ1) is 42.9. The quantitative estimate of drug-likeness (QED) is 0.0222. The number of ether oxygens (including phenoxy) is 4. The van der Waals surface area contributed by atoms with Crippen molar-refractivity contribution in [3.63, 3.8) is 0 Å². The van der Waals surface area contributed by atoms with Crippen molar-refractivity contribution in [3.05, 3.63) is 0 Å². The lowest BCUT2D eigenvalue weighted by Crippen LogP contribution is -2.30. The van der Waals surface area contributed by atoms with Gasteiger partial charge in [-0.3, -0.25) is 37.3 Å². The van der Waals surface area contributed by atoms with E-state index in [1.807, 2.05) is 0 Å². The average Bonchev–Trinajstić information content (AvgIpc) is 3.71. The van der Waals surface area contributed by atoms with Gasteiger partial charge < -0.3 is 33.8 Å². The van der Waals surface area contributed by atoms with Crippen molar-refractivity contribution in [3.8, 4) is 0 Å². The van der Waals surface area contributed by atoms with Gasteiger partial charge in [-0.2, -0.15) is 0 Å². The van der Waals surface area contributed by atoms with Crippen LogP contribution in [0, 0.1) is 11.8 Å². The lowest BCUT2D eigenvalue weighted by atomic mass is 9.99. The Labute approximate surface area is 543 Å². The minimum absolute atomic E-state index is 0.103. The third kappa shape index (κ3) is 63.2. The number of rotatable bonds is 69. The molecule has 528 valence electrons. The molecule has 89 heavy (non-hydrogen) atoms. The molecule has 6 atom stereocenters. The molecule has 0 aromatic rings. The van der Waals surface area contributed by atoms with Gasteiger partial charge in [-0.1, -0.05) is 305 Å². The van der Waals surface area contributed by atoms with E-state index in [9.17, 15) is 43.2 Å². The zero-order chi connectivity index (χ0) is 65.7. The highest BCUT2D eigenvalue weighted by molar-refractivity contribution is 7.47. The summed E-state index contributed by atoms with van der Waals surface area (Å²) in [5.41, 5.74) is 0. The van der Waals surface area contributed by atoms with Crippen LogP contribution < -0.4 is 0 Å². The second-order valence-electron chi connectivity index (χ2n) is 26.0. The molecule has 0 saturated heterocycles. The second-order valence-corrected chi connectivity index (χ2v) is 28.9. The zero-order valence-corrected chi connectivity index (χ0v) is 59.5. The summed E-state index contributed by atoms with van der Waals surface area (Å²) in [5.74, 6) is -0.643. The van der Waals surface area contributed by atoms with E-state index in [4.69, 9.17) is 37.0 Å². The Kier molecular flexibility index (Phi) is 60.8.